The summed E-state index contributed by atoms with van der Waals surface area (Å²) in [5.41, 5.74) is 5.26. The van der Waals surface area contributed by atoms with E-state index in [1.165, 1.54) is 12.8 Å². The van der Waals surface area contributed by atoms with E-state index >= 15 is 0 Å². The molecule has 4 nitrogen and oxygen atoms in total. The zero-order valence-corrected chi connectivity index (χ0v) is 9.74. The molecule has 0 aromatic rings. The second kappa shape index (κ2) is 5.15. The van der Waals surface area contributed by atoms with Crippen molar-refractivity contribution in [1.82, 2.24) is 0 Å². The number of carbonyl (C=O) groups is 1. The Hall–Kier alpha value is -0.610. The van der Waals surface area contributed by atoms with Crippen LogP contribution in [0.1, 0.15) is 32.1 Å². The van der Waals surface area contributed by atoms with Crippen LogP contribution in [-0.2, 0) is 14.3 Å². The molecule has 2 fully saturated rings. The molecule has 0 atom stereocenters. The van der Waals surface area contributed by atoms with E-state index in [9.17, 15) is 4.79 Å². The van der Waals surface area contributed by atoms with Crippen molar-refractivity contribution in [2.24, 2.45) is 17.1 Å². The Morgan fingerprint density at radius 2 is 2.06 bits per heavy atom. The molecule has 1 saturated heterocycles. The number of rotatable bonds is 5. The van der Waals surface area contributed by atoms with Gasteiger partial charge in [0.15, 0.2) is 0 Å². The van der Waals surface area contributed by atoms with Crippen molar-refractivity contribution in [2.45, 2.75) is 32.1 Å². The Bertz CT molecular complexity index is 245. The van der Waals surface area contributed by atoms with Crippen LogP contribution < -0.4 is 5.73 Å². The van der Waals surface area contributed by atoms with Gasteiger partial charge >= 0.3 is 5.97 Å². The maximum absolute atomic E-state index is 12.0. The molecular weight excluding hydrogens is 206 g/mol. The zero-order chi connectivity index (χ0) is 11.4. The first kappa shape index (κ1) is 11.9. The summed E-state index contributed by atoms with van der Waals surface area (Å²) < 4.78 is 10.6. The van der Waals surface area contributed by atoms with Crippen LogP contribution in [0.25, 0.3) is 0 Å². The smallest absolute Gasteiger partial charge is 0.313 e. The molecule has 2 N–H and O–H groups in total. The molecule has 2 aliphatic rings. The number of hydrogen-bond donors (Lipinski definition) is 1. The van der Waals surface area contributed by atoms with Gasteiger partial charge < -0.3 is 15.2 Å². The van der Waals surface area contributed by atoms with Gasteiger partial charge in [0.2, 0.25) is 0 Å². The van der Waals surface area contributed by atoms with Crippen LogP contribution in [-0.4, -0.2) is 32.3 Å². The summed E-state index contributed by atoms with van der Waals surface area (Å²) in [4.78, 5) is 12.0. The number of nitrogens with two attached hydrogens (primary N) is 1. The first-order chi connectivity index (χ1) is 7.77. The minimum absolute atomic E-state index is 0.112. The molecule has 1 heterocycles. The first-order valence-corrected chi connectivity index (χ1v) is 6.22. The van der Waals surface area contributed by atoms with Crippen molar-refractivity contribution in [2.75, 3.05) is 26.4 Å². The van der Waals surface area contributed by atoms with Crippen molar-refractivity contribution in [3.63, 3.8) is 0 Å². The van der Waals surface area contributed by atoms with Gasteiger partial charge in [-0.1, -0.05) is 12.8 Å². The lowest BCUT2D eigenvalue weighted by molar-refractivity contribution is -0.161. The Balaban J connectivity index is 1.79. The van der Waals surface area contributed by atoms with Crippen molar-refractivity contribution in [1.29, 1.82) is 0 Å². The Morgan fingerprint density at radius 1 is 1.38 bits per heavy atom. The Labute approximate surface area is 96.5 Å². The summed E-state index contributed by atoms with van der Waals surface area (Å²) in [6, 6.07) is 0. The highest BCUT2D eigenvalue weighted by molar-refractivity contribution is 5.77. The van der Waals surface area contributed by atoms with Crippen LogP contribution in [0.5, 0.6) is 0 Å². The molecule has 16 heavy (non-hydrogen) atoms. The quantitative estimate of drug-likeness (QED) is 0.714. The second-order valence-corrected chi connectivity index (χ2v) is 4.96. The van der Waals surface area contributed by atoms with Crippen LogP contribution in [0.4, 0.5) is 0 Å². The Kier molecular flexibility index (Phi) is 3.82. The third kappa shape index (κ3) is 2.74. The van der Waals surface area contributed by atoms with Crippen LogP contribution in [0, 0.1) is 11.3 Å². The molecule has 0 aromatic carbocycles. The summed E-state index contributed by atoms with van der Waals surface area (Å²) in [5.74, 6) is 0.690. The second-order valence-electron chi connectivity index (χ2n) is 4.96. The third-order valence-corrected chi connectivity index (χ3v) is 3.73. The van der Waals surface area contributed by atoms with Gasteiger partial charge in [-0.2, -0.15) is 0 Å². The lowest BCUT2D eigenvalue weighted by Gasteiger charge is -2.33. The van der Waals surface area contributed by atoms with E-state index in [4.69, 9.17) is 15.2 Å². The lowest BCUT2D eigenvalue weighted by Crippen LogP contribution is -2.44. The summed E-state index contributed by atoms with van der Waals surface area (Å²) in [6.07, 6.45) is 5.02. The largest absolute Gasteiger partial charge is 0.465 e. The van der Waals surface area contributed by atoms with Crippen molar-refractivity contribution < 1.29 is 14.3 Å². The van der Waals surface area contributed by atoms with Crippen molar-refractivity contribution in [3.05, 3.63) is 0 Å². The number of ether oxygens (including phenoxy) is 2. The predicted molar refractivity (Wildman–Crippen MR) is 59.8 cm³/mol. The summed E-state index contributed by atoms with van der Waals surface area (Å²) in [7, 11) is 0. The molecule has 1 aliphatic carbocycles. The number of carbonyl (C=O) groups excluding carboxylic acids is 1. The van der Waals surface area contributed by atoms with Gasteiger partial charge in [-0.3, -0.25) is 4.79 Å². The number of hydrogen-bond acceptors (Lipinski definition) is 4. The van der Waals surface area contributed by atoms with Gasteiger partial charge in [0.1, 0.15) is 0 Å². The van der Waals surface area contributed by atoms with Crippen LogP contribution in [0.2, 0.25) is 0 Å². The van der Waals surface area contributed by atoms with Gasteiger partial charge in [-0.25, -0.2) is 0 Å². The fraction of sp³-hybridized carbons (Fsp3) is 0.917. The molecule has 0 unspecified atom stereocenters. The van der Waals surface area contributed by atoms with Crippen LogP contribution in [0.15, 0.2) is 0 Å². The van der Waals surface area contributed by atoms with Crippen LogP contribution in [0.3, 0.4) is 0 Å². The van der Waals surface area contributed by atoms with Gasteiger partial charge in [-0.15, -0.1) is 0 Å². The predicted octanol–water partition coefficient (Wildman–Crippen LogP) is 1.09. The standard InChI is InChI=1S/C12H21NO3/c13-9-12(4-7-15-8-5-12)11(14)16-6-3-10-1-2-10/h10H,1-9,13H2. The lowest BCUT2D eigenvalue weighted by atomic mass is 9.80. The molecule has 1 saturated carbocycles. The molecule has 2 rings (SSSR count). The molecule has 0 spiro atoms. The summed E-state index contributed by atoms with van der Waals surface area (Å²) >= 11 is 0. The number of esters is 1. The average Bonchev–Trinajstić information content (AvgIpc) is 3.14. The highest BCUT2D eigenvalue weighted by atomic mass is 16.5. The average molecular weight is 227 g/mol. The molecule has 0 radical (unpaired) electrons. The van der Waals surface area contributed by atoms with Crippen molar-refractivity contribution >= 4 is 5.97 Å². The maximum Gasteiger partial charge on any atom is 0.313 e. The van der Waals surface area contributed by atoms with Crippen molar-refractivity contribution in [3.8, 4) is 0 Å². The van der Waals surface area contributed by atoms with E-state index < -0.39 is 5.41 Å². The molecule has 92 valence electrons. The Morgan fingerprint density at radius 3 is 2.62 bits per heavy atom. The molecule has 0 bridgehead atoms. The van der Waals surface area contributed by atoms with E-state index in [0.717, 1.165) is 12.3 Å². The SMILES string of the molecule is NCC1(C(=O)OCCC2CC2)CCOCC1. The summed E-state index contributed by atoms with van der Waals surface area (Å²) in [5, 5.41) is 0. The minimum Gasteiger partial charge on any atom is -0.465 e. The monoisotopic (exact) mass is 227 g/mol. The van der Waals surface area contributed by atoms with Gasteiger partial charge in [0.25, 0.3) is 0 Å². The highest BCUT2D eigenvalue weighted by Gasteiger charge is 2.40. The highest BCUT2D eigenvalue weighted by Crippen LogP contribution is 2.34. The minimum atomic E-state index is -0.470. The van der Waals surface area contributed by atoms with E-state index in [-0.39, 0.29) is 5.97 Å². The van der Waals surface area contributed by atoms with E-state index in [0.29, 0.717) is 39.2 Å². The topological polar surface area (TPSA) is 61.6 Å². The molecule has 4 heteroatoms. The van der Waals surface area contributed by atoms with E-state index in [2.05, 4.69) is 0 Å². The van der Waals surface area contributed by atoms with E-state index in [1.54, 1.807) is 0 Å². The normalized spacial score (nSPS) is 24.1. The van der Waals surface area contributed by atoms with Gasteiger partial charge in [0, 0.05) is 19.8 Å². The first-order valence-electron chi connectivity index (χ1n) is 6.22. The summed E-state index contributed by atoms with van der Waals surface area (Å²) in [6.45, 7) is 2.18. The molecular formula is C12H21NO3. The fourth-order valence-electron chi connectivity index (χ4n) is 2.13. The fourth-order valence-corrected chi connectivity index (χ4v) is 2.13. The molecule has 0 amide bonds. The molecule has 0 aromatic heterocycles. The van der Waals surface area contributed by atoms with Crippen LogP contribution >= 0.6 is 0 Å². The van der Waals surface area contributed by atoms with E-state index in [1.807, 2.05) is 0 Å². The van der Waals surface area contributed by atoms with Gasteiger partial charge in [-0.05, 0) is 25.2 Å². The van der Waals surface area contributed by atoms with Gasteiger partial charge in [0.05, 0.1) is 12.0 Å². The maximum atomic E-state index is 12.0. The molecule has 1 aliphatic heterocycles. The third-order valence-electron chi connectivity index (χ3n) is 3.73. The zero-order valence-electron chi connectivity index (χ0n) is 9.74.